The van der Waals surface area contributed by atoms with Crippen LogP contribution in [-0.2, 0) is 6.42 Å². The zero-order chi connectivity index (χ0) is 14.1. The van der Waals surface area contributed by atoms with Gasteiger partial charge in [-0.15, -0.1) is 11.6 Å². The Morgan fingerprint density at radius 1 is 0.947 bits per heavy atom. The van der Waals surface area contributed by atoms with Crippen molar-refractivity contribution in [2.45, 2.75) is 77.5 Å². The van der Waals surface area contributed by atoms with E-state index in [-0.39, 0.29) is 0 Å². The number of benzene rings is 1. The molecule has 108 valence electrons. The highest BCUT2D eigenvalue weighted by atomic mass is 35.5. The van der Waals surface area contributed by atoms with E-state index in [1.54, 1.807) is 0 Å². The number of halogens is 1. The normalized spacial score (nSPS) is 12.6. The van der Waals surface area contributed by atoms with Gasteiger partial charge in [-0.2, -0.15) is 0 Å². The lowest BCUT2D eigenvalue weighted by Crippen LogP contribution is -2.03. The summed E-state index contributed by atoms with van der Waals surface area (Å²) in [5.41, 5.74) is 4.13. The van der Waals surface area contributed by atoms with Crippen LogP contribution < -0.4 is 0 Å². The van der Waals surface area contributed by atoms with Crippen LogP contribution >= 0.6 is 11.6 Å². The number of hydrogen-bond donors (Lipinski definition) is 0. The van der Waals surface area contributed by atoms with E-state index in [0.717, 1.165) is 12.8 Å². The Balaban J connectivity index is 2.19. The van der Waals surface area contributed by atoms with Gasteiger partial charge in [0.1, 0.15) is 0 Å². The van der Waals surface area contributed by atoms with E-state index in [1.165, 1.54) is 55.2 Å². The third-order valence-electron chi connectivity index (χ3n) is 3.90. The summed E-state index contributed by atoms with van der Waals surface area (Å²) in [5.74, 6) is 0. The second-order valence-electron chi connectivity index (χ2n) is 5.78. The summed E-state index contributed by atoms with van der Waals surface area (Å²) in [5, 5.41) is 0.299. The molecule has 0 aromatic heterocycles. The minimum absolute atomic E-state index is 0.299. The lowest BCUT2D eigenvalue weighted by Gasteiger charge is -2.11. The van der Waals surface area contributed by atoms with Crippen molar-refractivity contribution in [3.05, 3.63) is 34.9 Å². The molecule has 0 amide bonds. The van der Waals surface area contributed by atoms with Crippen LogP contribution in [0.25, 0.3) is 0 Å². The summed E-state index contributed by atoms with van der Waals surface area (Å²) in [6.07, 6.45) is 10.3. The molecule has 0 radical (unpaired) electrons. The average Bonchev–Trinajstić information content (AvgIpc) is 2.38. The first-order chi connectivity index (χ1) is 9.13. The molecular formula is C18H29Cl. The molecule has 0 nitrogen and oxygen atoms in total. The smallest absolute Gasteiger partial charge is 0.0376 e. The SMILES string of the molecule is CCCCCCCCC(Cl)Cc1ccc(C)c(C)c1. The fourth-order valence-corrected chi connectivity index (χ4v) is 2.77. The summed E-state index contributed by atoms with van der Waals surface area (Å²) in [7, 11) is 0. The Hall–Kier alpha value is -0.490. The first-order valence-electron chi connectivity index (χ1n) is 7.83. The van der Waals surface area contributed by atoms with Gasteiger partial charge < -0.3 is 0 Å². The lowest BCUT2D eigenvalue weighted by atomic mass is 10.0. The second-order valence-corrected chi connectivity index (χ2v) is 6.39. The first-order valence-corrected chi connectivity index (χ1v) is 8.27. The van der Waals surface area contributed by atoms with Gasteiger partial charge in [-0.3, -0.25) is 0 Å². The zero-order valence-electron chi connectivity index (χ0n) is 12.8. The Morgan fingerprint density at radius 2 is 1.63 bits per heavy atom. The summed E-state index contributed by atoms with van der Waals surface area (Å²) in [6.45, 7) is 6.60. The third-order valence-corrected chi connectivity index (χ3v) is 4.27. The van der Waals surface area contributed by atoms with E-state index in [9.17, 15) is 0 Å². The van der Waals surface area contributed by atoms with Crippen molar-refractivity contribution in [1.82, 2.24) is 0 Å². The quantitative estimate of drug-likeness (QED) is 0.373. The molecule has 0 heterocycles. The molecule has 1 aromatic carbocycles. The number of unbranched alkanes of at least 4 members (excludes halogenated alkanes) is 5. The fourth-order valence-electron chi connectivity index (χ4n) is 2.43. The molecule has 0 saturated carbocycles. The van der Waals surface area contributed by atoms with Gasteiger partial charge in [0.2, 0.25) is 0 Å². The van der Waals surface area contributed by atoms with Crippen LogP contribution in [-0.4, -0.2) is 5.38 Å². The minimum Gasteiger partial charge on any atom is -0.123 e. The van der Waals surface area contributed by atoms with E-state index >= 15 is 0 Å². The van der Waals surface area contributed by atoms with E-state index in [1.807, 2.05) is 0 Å². The molecule has 1 rings (SSSR count). The molecule has 19 heavy (non-hydrogen) atoms. The molecule has 0 saturated heterocycles. The molecule has 0 aliphatic carbocycles. The highest BCUT2D eigenvalue weighted by molar-refractivity contribution is 6.20. The fraction of sp³-hybridized carbons (Fsp3) is 0.667. The maximum absolute atomic E-state index is 6.45. The van der Waals surface area contributed by atoms with Crippen molar-refractivity contribution in [2.24, 2.45) is 0 Å². The second kappa shape index (κ2) is 9.42. The van der Waals surface area contributed by atoms with Gasteiger partial charge in [0.15, 0.2) is 0 Å². The number of rotatable bonds is 9. The van der Waals surface area contributed by atoms with Gasteiger partial charge >= 0.3 is 0 Å². The van der Waals surface area contributed by atoms with Crippen molar-refractivity contribution in [2.75, 3.05) is 0 Å². The summed E-state index contributed by atoms with van der Waals surface area (Å²) in [6, 6.07) is 6.71. The Morgan fingerprint density at radius 3 is 2.32 bits per heavy atom. The number of hydrogen-bond acceptors (Lipinski definition) is 0. The van der Waals surface area contributed by atoms with Gasteiger partial charge in [-0.1, -0.05) is 63.6 Å². The Kier molecular flexibility index (Phi) is 8.21. The molecular weight excluding hydrogens is 252 g/mol. The van der Waals surface area contributed by atoms with E-state index in [4.69, 9.17) is 11.6 Å². The van der Waals surface area contributed by atoms with E-state index in [0.29, 0.717) is 5.38 Å². The number of alkyl halides is 1. The zero-order valence-corrected chi connectivity index (χ0v) is 13.6. The van der Waals surface area contributed by atoms with Crippen LogP contribution in [0.3, 0.4) is 0 Å². The van der Waals surface area contributed by atoms with Crippen molar-refractivity contribution in [3.8, 4) is 0 Å². The molecule has 0 fully saturated rings. The van der Waals surface area contributed by atoms with Gasteiger partial charge in [-0.25, -0.2) is 0 Å². The first kappa shape index (κ1) is 16.6. The van der Waals surface area contributed by atoms with Gasteiger partial charge in [0.25, 0.3) is 0 Å². The topological polar surface area (TPSA) is 0 Å². The van der Waals surface area contributed by atoms with Crippen molar-refractivity contribution < 1.29 is 0 Å². The van der Waals surface area contributed by atoms with Crippen molar-refractivity contribution >= 4 is 11.6 Å². The average molecular weight is 281 g/mol. The molecule has 0 bridgehead atoms. The van der Waals surface area contributed by atoms with Crippen LogP contribution in [0.2, 0.25) is 0 Å². The van der Waals surface area contributed by atoms with Crippen LogP contribution in [0.1, 0.15) is 68.6 Å². The van der Waals surface area contributed by atoms with E-state index in [2.05, 4.69) is 39.0 Å². The van der Waals surface area contributed by atoms with Gasteiger partial charge in [0.05, 0.1) is 0 Å². The predicted octanol–water partition coefficient (Wildman–Crippen LogP) is 6.20. The van der Waals surface area contributed by atoms with Crippen LogP contribution in [0.4, 0.5) is 0 Å². The summed E-state index contributed by atoms with van der Waals surface area (Å²) in [4.78, 5) is 0. The maximum atomic E-state index is 6.45. The molecule has 1 heteroatoms. The third kappa shape index (κ3) is 7.01. The van der Waals surface area contributed by atoms with Crippen molar-refractivity contribution in [1.29, 1.82) is 0 Å². The standard InChI is InChI=1S/C18H29Cl/c1-4-5-6-7-8-9-10-18(19)14-17-12-11-15(2)16(3)13-17/h11-13,18H,4-10,14H2,1-3H3. The predicted molar refractivity (Wildman–Crippen MR) is 87.3 cm³/mol. The summed E-state index contributed by atoms with van der Waals surface area (Å²) < 4.78 is 0. The Bertz CT molecular complexity index is 357. The molecule has 1 atom stereocenters. The molecule has 0 spiro atoms. The molecule has 1 unspecified atom stereocenters. The monoisotopic (exact) mass is 280 g/mol. The summed E-state index contributed by atoms with van der Waals surface area (Å²) >= 11 is 6.45. The minimum atomic E-state index is 0.299. The maximum Gasteiger partial charge on any atom is 0.0376 e. The molecule has 0 N–H and O–H groups in total. The molecule has 1 aromatic rings. The van der Waals surface area contributed by atoms with Crippen LogP contribution in [0.5, 0.6) is 0 Å². The van der Waals surface area contributed by atoms with Gasteiger partial charge in [0, 0.05) is 5.38 Å². The molecule has 0 aliphatic heterocycles. The highest BCUT2D eigenvalue weighted by Gasteiger charge is 2.06. The highest BCUT2D eigenvalue weighted by Crippen LogP contribution is 2.18. The lowest BCUT2D eigenvalue weighted by molar-refractivity contribution is 0.578. The van der Waals surface area contributed by atoms with Crippen molar-refractivity contribution in [3.63, 3.8) is 0 Å². The van der Waals surface area contributed by atoms with Gasteiger partial charge in [-0.05, 0) is 43.4 Å². The molecule has 0 aliphatic rings. The Labute approximate surface area is 124 Å². The van der Waals surface area contributed by atoms with E-state index < -0.39 is 0 Å². The van der Waals surface area contributed by atoms with Crippen LogP contribution in [0.15, 0.2) is 18.2 Å². The largest absolute Gasteiger partial charge is 0.123 e. The van der Waals surface area contributed by atoms with Crippen LogP contribution in [0, 0.1) is 13.8 Å². The number of aryl methyl sites for hydroxylation is 2.